The maximum Gasteiger partial charge on any atom is 0.123 e. The molecule has 0 unspecified atom stereocenters. The molecule has 2 aromatic carbocycles. The number of nitrogens with zero attached hydrogens (tertiary/aromatic N) is 1. The van der Waals surface area contributed by atoms with Gasteiger partial charge in [0.2, 0.25) is 0 Å². The van der Waals surface area contributed by atoms with Crippen LogP contribution in [0.3, 0.4) is 0 Å². The molecule has 0 aliphatic carbocycles. The van der Waals surface area contributed by atoms with Gasteiger partial charge < -0.3 is 10.1 Å². The van der Waals surface area contributed by atoms with E-state index in [0.29, 0.717) is 12.4 Å². The van der Waals surface area contributed by atoms with Crippen LogP contribution >= 0.6 is 24.8 Å². The van der Waals surface area contributed by atoms with E-state index >= 15 is 0 Å². The topological polar surface area (TPSA) is 24.5 Å². The van der Waals surface area contributed by atoms with E-state index < -0.39 is 0 Å². The summed E-state index contributed by atoms with van der Waals surface area (Å²) >= 11 is 0. The molecule has 1 fully saturated rings. The van der Waals surface area contributed by atoms with Crippen LogP contribution in [0.15, 0.2) is 54.6 Å². The summed E-state index contributed by atoms with van der Waals surface area (Å²) in [4.78, 5) is 2.47. The zero-order valence-electron chi connectivity index (χ0n) is 14.6. The lowest BCUT2D eigenvalue weighted by Crippen LogP contribution is -2.42. The SMILES string of the molecule is Cl.Cl.Fc1ccc(OC/C=C/c2ccc(CN3CCNCC3)cc2)cc1. The fourth-order valence-electron chi connectivity index (χ4n) is 2.72. The lowest BCUT2D eigenvalue weighted by Gasteiger charge is -2.27. The van der Waals surface area contributed by atoms with Crippen molar-refractivity contribution >= 4 is 30.9 Å². The molecule has 0 amide bonds. The molecule has 2 aromatic rings. The molecule has 1 aliphatic rings. The van der Waals surface area contributed by atoms with Crippen molar-refractivity contribution in [2.45, 2.75) is 6.54 Å². The highest BCUT2D eigenvalue weighted by atomic mass is 35.5. The average molecular weight is 399 g/mol. The van der Waals surface area contributed by atoms with Crippen LogP contribution in [0.5, 0.6) is 5.75 Å². The molecule has 3 rings (SSSR count). The van der Waals surface area contributed by atoms with E-state index in [2.05, 4.69) is 34.5 Å². The Bertz CT molecular complexity index is 657. The number of piperazine rings is 1. The molecule has 26 heavy (non-hydrogen) atoms. The molecule has 142 valence electrons. The fraction of sp³-hybridized carbons (Fsp3) is 0.300. The van der Waals surface area contributed by atoms with Gasteiger partial charge in [0.15, 0.2) is 0 Å². The highest BCUT2D eigenvalue weighted by Gasteiger charge is 2.09. The molecule has 0 spiro atoms. The summed E-state index contributed by atoms with van der Waals surface area (Å²) in [5.41, 5.74) is 2.50. The number of ether oxygens (including phenoxy) is 1. The zero-order valence-corrected chi connectivity index (χ0v) is 16.2. The molecule has 0 saturated carbocycles. The summed E-state index contributed by atoms with van der Waals surface area (Å²) in [6.07, 6.45) is 4.01. The quantitative estimate of drug-likeness (QED) is 0.789. The van der Waals surface area contributed by atoms with Crippen LogP contribution in [0.4, 0.5) is 4.39 Å². The molecule has 6 heteroatoms. The van der Waals surface area contributed by atoms with Crippen molar-refractivity contribution in [3.05, 3.63) is 71.6 Å². The Morgan fingerprint density at radius 1 is 0.962 bits per heavy atom. The third-order valence-electron chi connectivity index (χ3n) is 4.07. The summed E-state index contributed by atoms with van der Waals surface area (Å²) in [7, 11) is 0. The Morgan fingerprint density at radius 2 is 1.62 bits per heavy atom. The molecule has 1 N–H and O–H groups in total. The van der Waals surface area contributed by atoms with Crippen molar-refractivity contribution in [1.82, 2.24) is 10.2 Å². The van der Waals surface area contributed by atoms with Gasteiger partial charge in [-0.1, -0.05) is 30.3 Å². The molecular weight excluding hydrogens is 374 g/mol. The maximum atomic E-state index is 12.8. The van der Waals surface area contributed by atoms with Gasteiger partial charge in [0.25, 0.3) is 0 Å². The predicted molar refractivity (Wildman–Crippen MR) is 110 cm³/mol. The molecule has 0 radical (unpaired) electrons. The maximum absolute atomic E-state index is 12.8. The number of rotatable bonds is 6. The van der Waals surface area contributed by atoms with Gasteiger partial charge in [0, 0.05) is 32.7 Å². The molecule has 0 bridgehead atoms. The second-order valence-corrected chi connectivity index (χ2v) is 5.94. The average Bonchev–Trinajstić information content (AvgIpc) is 2.62. The highest BCUT2D eigenvalue weighted by Crippen LogP contribution is 2.12. The van der Waals surface area contributed by atoms with Crippen LogP contribution in [0, 0.1) is 5.82 Å². The van der Waals surface area contributed by atoms with E-state index in [1.165, 1.54) is 17.7 Å². The van der Waals surface area contributed by atoms with E-state index in [0.717, 1.165) is 38.3 Å². The Hall–Kier alpha value is -1.59. The van der Waals surface area contributed by atoms with Crippen molar-refractivity contribution < 1.29 is 9.13 Å². The molecule has 0 atom stereocenters. The van der Waals surface area contributed by atoms with Crippen molar-refractivity contribution in [3.8, 4) is 5.75 Å². The first-order valence-electron chi connectivity index (χ1n) is 8.36. The molecular formula is C20H25Cl2FN2O. The van der Waals surface area contributed by atoms with Gasteiger partial charge in [-0.2, -0.15) is 0 Å². The predicted octanol–water partition coefficient (Wildman–Crippen LogP) is 4.17. The summed E-state index contributed by atoms with van der Waals surface area (Å²) in [5, 5.41) is 3.37. The Morgan fingerprint density at radius 3 is 2.27 bits per heavy atom. The molecule has 1 aliphatic heterocycles. The van der Waals surface area contributed by atoms with Crippen LogP contribution in [0.2, 0.25) is 0 Å². The van der Waals surface area contributed by atoms with Gasteiger partial charge in [0.1, 0.15) is 18.2 Å². The number of hydrogen-bond acceptors (Lipinski definition) is 3. The van der Waals surface area contributed by atoms with Gasteiger partial charge in [-0.15, -0.1) is 24.8 Å². The van der Waals surface area contributed by atoms with Gasteiger partial charge in [-0.25, -0.2) is 4.39 Å². The van der Waals surface area contributed by atoms with Gasteiger partial charge in [-0.3, -0.25) is 4.90 Å². The monoisotopic (exact) mass is 398 g/mol. The van der Waals surface area contributed by atoms with E-state index in [-0.39, 0.29) is 30.6 Å². The lowest BCUT2D eigenvalue weighted by atomic mass is 10.1. The summed E-state index contributed by atoms with van der Waals surface area (Å²) < 4.78 is 18.3. The van der Waals surface area contributed by atoms with Gasteiger partial charge >= 0.3 is 0 Å². The van der Waals surface area contributed by atoms with Crippen LogP contribution < -0.4 is 10.1 Å². The first-order valence-corrected chi connectivity index (χ1v) is 8.36. The number of nitrogens with one attached hydrogen (secondary N) is 1. The third kappa shape index (κ3) is 7.34. The van der Waals surface area contributed by atoms with Crippen molar-refractivity contribution in [2.24, 2.45) is 0 Å². The van der Waals surface area contributed by atoms with Crippen molar-refractivity contribution in [3.63, 3.8) is 0 Å². The second kappa shape index (κ2) is 11.9. The van der Waals surface area contributed by atoms with Crippen molar-refractivity contribution in [2.75, 3.05) is 32.8 Å². The number of halogens is 3. The Labute approximate surface area is 167 Å². The first kappa shape index (κ1) is 22.5. The van der Waals surface area contributed by atoms with Crippen LogP contribution in [0.25, 0.3) is 6.08 Å². The smallest absolute Gasteiger partial charge is 0.123 e. The molecule has 1 saturated heterocycles. The van der Waals surface area contributed by atoms with Crippen LogP contribution in [-0.4, -0.2) is 37.7 Å². The summed E-state index contributed by atoms with van der Waals surface area (Å²) in [6, 6.07) is 14.7. The van der Waals surface area contributed by atoms with Crippen LogP contribution in [-0.2, 0) is 6.54 Å². The lowest BCUT2D eigenvalue weighted by molar-refractivity contribution is 0.233. The highest BCUT2D eigenvalue weighted by molar-refractivity contribution is 5.85. The zero-order chi connectivity index (χ0) is 16.6. The van der Waals surface area contributed by atoms with E-state index in [9.17, 15) is 4.39 Å². The minimum Gasteiger partial charge on any atom is -0.490 e. The number of hydrogen-bond donors (Lipinski definition) is 1. The van der Waals surface area contributed by atoms with E-state index in [1.807, 2.05) is 12.2 Å². The van der Waals surface area contributed by atoms with Gasteiger partial charge in [-0.05, 0) is 41.5 Å². The second-order valence-electron chi connectivity index (χ2n) is 5.94. The first-order chi connectivity index (χ1) is 11.8. The van der Waals surface area contributed by atoms with Crippen molar-refractivity contribution in [1.29, 1.82) is 0 Å². The number of benzene rings is 2. The largest absolute Gasteiger partial charge is 0.490 e. The Balaban J connectivity index is 0.00000169. The minimum absolute atomic E-state index is 0. The fourth-order valence-corrected chi connectivity index (χ4v) is 2.72. The summed E-state index contributed by atoms with van der Waals surface area (Å²) in [5.74, 6) is 0.422. The minimum atomic E-state index is -0.251. The van der Waals surface area contributed by atoms with E-state index in [4.69, 9.17) is 4.74 Å². The normalized spacial score (nSPS) is 14.5. The molecule has 1 heterocycles. The third-order valence-corrected chi connectivity index (χ3v) is 4.07. The molecule has 3 nitrogen and oxygen atoms in total. The molecule has 0 aromatic heterocycles. The standard InChI is InChI=1S/C20H23FN2O.2ClH/c21-19-7-9-20(10-8-19)24-15-1-2-17-3-5-18(6-4-17)16-23-13-11-22-12-14-23;;/h1-10,22H,11-16H2;2*1H/b2-1+;;. The van der Waals surface area contributed by atoms with Gasteiger partial charge in [0.05, 0.1) is 0 Å². The van der Waals surface area contributed by atoms with Crippen LogP contribution in [0.1, 0.15) is 11.1 Å². The summed E-state index contributed by atoms with van der Waals surface area (Å²) in [6.45, 7) is 5.86. The van der Waals surface area contributed by atoms with E-state index in [1.54, 1.807) is 12.1 Å². The Kier molecular flexibility index (Phi) is 10.3.